The molecule has 0 aliphatic carbocycles. The number of aromatic nitrogens is 3. The first-order chi connectivity index (χ1) is 15.8. The molecule has 0 atom stereocenters. The number of sulfonamides is 1. The van der Waals surface area contributed by atoms with Crippen molar-refractivity contribution >= 4 is 27.5 Å². The van der Waals surface area contributed by atoms with Crippen molar-refractivity contribution in [2.24, 2.45) is 0 Å². The first-order valence-electron chi connectivity index (χ1n) is 9.76. The maximum absolute atomic E-state index is 13.5. The zero-order valence-electron chi connectivity index (χ0n) is 18.0. The van der Waals surface area contributed by atoms with E-state index in [4.69, 9.17) is 9.26 Å². The van der Waals surface area contributed by atoms with E-state index in [0.717, 1.165) is 0 Å². The predicted octanol–water partition coefficient (Wildman–Crippen LogP) is 4.44. The summed E-state index contributed by atoms with van der Waals surface area (Å²) in [4.78, 5) is 8.67. The summed E-state index contributed by atoms with van der Waals surface area (Å²) in [5.74, 6) is 0.288. The van der Waals surface area contributed by atoms with Crippen molar-refractivity contribution in [1.29, 1.82) is 0 Å². The predicted molar refractivity (Wildman–Crippen MR) is 120 cm³/mol. The quantitative estimate of drug-likeness (QED) is 0.408. The van der Waals surface area contributed by atoms with E-state index in [1.807, 2.05) is 0 Å². The van der Waals surface area contributed by atoms with Gasteiger partial charge in [0.1, 0.15) is 11.6 Å². The van der Waals surface area contributed by atoms with E-state index in [1.165, 1.54) is 31.4 Å². The van der Waals surface area contributed by atoms with Gasteiger partial charge in [0.25, 0.3) is 10.0 Å². The molecule has 0 spiro atoms. The number of nitrogens with one attached hydrogen (secondary N) is 2. The van der Waals surface area contributed by atoms with Crippen LogP contribution in [0.1, 0.15) is 11.3 Å². The van der Waals surface area contributed by atoms with Crippen LogP contribution in [0.2, 0.25) is 0 Å². The Bertz CT molecular complexity index is 1400. The number of hydrogen-bond donors (Lipinski definition) is 2. The molecule has 4 aromatic rings. The highest BCUT2D eigenvalue weighted by Gasteiger charge is 2.19. The molecular formula is C22H20FN5O4S. The third-order valence-corrected chi connectivity index (χ3v) is 6.25. The summed E-state index contributed by atoms with van der Waals surface area (Å²) >= 11 is 0. The number of methoxy groups -OCH3 is 1. The highest BCUT2D eigenvalue weighted by Crippen LogP contribution is 2.30. The number of benzene rings is 2. The van der Waals surface area contributed by atoms with Crippen molar-refractivity contribution in [3.8, 4) is 17.0 Å². The van der Waals surface area contributed by atoms with Crippen LogP contribution < -0.4 is 14.8 Å². The van der Waals surface area contributed by atoms with Crippen LogP contribution in [0.15, 0.2) is 64.1 Å². The molecule has 0 unspecified atom stereocenters. The summed E-state index contributed by atoms with van der Waals surface area (Å²) < 4.78 is 51.4. The minimum absolute atomic E-state index is 0.0484. The van der Waals surface area contributed by atoms with Crippen molar-refractivity contribution in [2.75, 3.05) is 17.1 Å². The third kappa shape index (κ3) is 4.77. The van der Waals surface area contributed by atoms with Crippen LogP contribution in [0, 0.1) is 19.7 Å². The monoisotopic (exact) mass is 469 g/mol. The Balaban J connectivity index is 1.53. The molecule has 2 aromatic heterocycles. The van der Waals surface area contributed by atoms with E-state index in [9.17, 15) is 12.8 Å². The molecule has 0 bridgehead atoms. The van der Waals surface area contributed by atoms with Crippen LogP contribution in [0.5, 0.6) is 5.75 Å². The van der Waals surface area contributed by atoms with Crippen LogP contribution in [0.3, 0.4) is 0 Å². The molecule has 2 heterocycles. The molecule has 0 fully saturated rings. The van der Waals surface area contributed by atoms with Crippen LogP contribution >= 0.6 is 0 Å². The van der Waals surface area contributed by atoms with Crippen LogP contribution in [-0.2, 0) is 10.0 Å². The maximum atomic E-state index is 13.5. The molecule has 33 heavy (non-hydrogen) atoms. The van der Waals surface area contributed by atoms with Crippen molar-refractivity contribution in [1.82, 2.24) is 15.1 Å². The molecule has 0 aliphatic rings. The fraction of sp³-hybridized carbons (Fsp3) is 0.136. The Hall–Kier alpha value is -3.99. The third-order valence-electron chi connectivity index (χ3n) is 4.90. The molecule has 0 radical (unpaired) electrons. The number of anilines is 3. The van der Waals surface area contributed by atoms with Crippen LogP contribution in [-0.4, -0.2) is 30.7 Å². The molecule has 4 rings (SSSR count). The van der Waals surface area contributed by atoms with Crippen molar-refractivity contribution in [2.45, 2.75) is 18.7 Å². The number of nitrogens with zero attached hydrogens (tertiary/aromatic N) is 3. The summed E-state index contributed by atoms with van der Waals surface area (Å²) in [5, 5.41) is 6.77. The number of ether oxygens (including phenoxy) is 1. The number of hydrogen-bond acceptors (Lipinski definition) is 8. The second kappa shape index (κ2) is 8.87. The highest BCUT2D eigenvalue weighted by molar-refractivity contribution is 7.92. The van der Waals surface area contributed by atoms with Gasteiger partial charge in [-0.15, -0.1) is 0 Å². The summed E-state index contributed by atoms with van der Waals surface area (Å²) in [6.45, 7) is 3.44. The molecule has 11 heteroatoms. The molecule has 9 nitrogen and oxygen atoms in total. The van der Waals surface area contributed by atoms with Gasteiger partial charge in [-0.2, -0.15) is 0 Å². The smallest absolute Gasteiger partial charge is 0.264 e. The number of halogens is 1. The Morgan fingerprint density at radius 3 is 2.48 bits per heavy atom. The molecular weight excluding hydrogens is 449 g/mol. The molecule has 0 amide bonds. The van der Waals surface area contributed by atoms with E-state index >= 15 is 0 Å². The van der Waals surface area contributed by atoms with Crippen molar-refractivity contribution in [3.05, 3.63) is 71.8 Å². The SMILES string of the molecule is COc1cc(F)ccc1-c1ccnc(Nc2ccc(S(=O)(=O)Nc3onc(C)c3C)cc2)n1. The van der Waals surface area contributed by atoms with Gasteiger partial charge in [-0.1, -0.05) is 5.16 Å². The van der Waals surface area contributed by atoms with Crippen LogP contribution in [0.25, 0.3) is 11.3 Å². The molecule has 170 valence electrons. The van der Waals surface area contributed by atoms with Gasteiger partial charge in [0, 0.05) is 29.1 Å². The molecule has 2 N–H and O–H groups in total. The van der Waals surface area contributed by atoms with E-state index in [2.05, 4.69) is 25.2 Å². The number of rotatable bonds is 7. The average Bonchev–Trinajstić information content (AvgIpc) is 3.11. The highest BCUT2D eigenvalue weighted by atomic mass is 32.2. The van der Waals surface area contributed by atoms with Gasteiger partial charge in [0.2, 0.25) is 11.8 Å². The van der Waals surface area contributed by atoms with Gasteiger partial charge in [-0.05, 0) is 56.3 Å². The lowest BCUT2D eigenvalue weighted by Gasteiger charge is -2.10. The minimum atomic E-state index is -3.85. The molecule has 0 saturated carbocycles. The lowest BCUT2D eigenvalue weighted by molar-refractivity contribution is 0.413. The zero-order valence-corrected chi connectivity index (χ0v) is 18.8. The Morgan fingerprint density at radius 2 is 1.82 bits per heavy atom. The second-order valence-electron chi connectivity index (χ2n) is 7.09. The summed E-state index contributed by atoms with van der Waals surface area (Å²) in [5.41, 5.74) is 2.93. The Labute approximate surface area is 189 Å². The average molecular weight is 469 g/mol. The lowest BCUT2D eigenvalue weighted by Crippen LogP contribution is -2.13. The first-order valence-corrected chi connectivity index (χ1v) is 11.2. The fourth-order valence-corrected chi connectivity index (χ4v) is 4.03. The summed E-state index contributed by atoms with van der Waals surface area (Å²) in [6, 6.07) is 11.9. The van der Waals surface area contributed by atoms with E-state index < -0.39 is 15.8 Å². The van der Waals surface area contributed by atoms with E-state index in [1.54, 1.807) is 44.3 Å². The second-order valence-corrected chi connectivity index (χ2v) is 8.77. The van der Waals surface area contributed by atoms with Gasteiger partial charge in [0.05, 0.1) is 23.4 Å². The first kappa shape index (κ1) is 22.2. The van der Waals surface area contributed by atoms with Gasteiger partial charge >= 0.3 is 0 Å². The zero-order chi connectivity index (χ0) is 23.6. The largest absolute Gasteiger partial charge is 0.496 e. The van der Waals surface area contributed by atoms with Crippen molar-refractivity contribution in [3.63, 3.8) is 0 Å². The lowest BCUT2D eigenvalue weighted by atomic mass is 10.1. The van der Waals surface area contributed by atoms with Crippen molar-refractivity contribution < 1.29 is 22.1 Å². The topological polar surface area (TPSA) is 119 Å². The fourth-order valence-electron chi connectivity index (χ4n) is 2.98. The minimum Gasteiger partial charge on any atom is -0.496 e. The number of aryl methyl sites for hydroxylation is 1. The van der Waals surface area contributed by atoms with E-state index in [0.29, 0.717) is 34.0 Å². The standard InChI is InChI=1S/C22H20FN5O4S/c1-13-14(2)27-32-21(13)28-33(29,30)17-7-5-16(6-8-17)25-22-24-11-10-19(26-22)18-9-4-15(23)12-20(18)31-3/h4-12,28H,1-3H3,(H,24,25,26). The van der Waals surface area contributed by atoms with E-state index in [-0.39, 0.29) is 16.7 Å². The summed E-state index contributed by atoms with van der Waals surface area (Å²) in [7, 11) is -2.40. The van der Waals surface area contributed by atoms with Gasteiger partial charge in [-0.25, -0.2) is 27.5 Å². The Kier molecular flexibility index (Phi) is 5.97. The van der Waals surface area contributed by atoms with Gasteiger partial charge < -0.3 is 14.6 Å². The summed E-state index contributed by atoms with van der Waals surface area (Å²) in [6.07, 6.45) is 1.55. The molecule has 0 saturated heterocycles. The molecule has 2 aromatic carbocycles. The maximum Gasteiger partial charge on any atom is 0.264 e. The molecule has 0 aliphatic heterocycles. The van der Waals surface area contributed by atoms with Gasteiger partial charge in [0.15, 0.2) is 0 Å². The Morgan fingerprint density at radius 1 is 1.06 bits per heavy atom. The normalized spacial score (nSPS) is 11.3. The van der Waals surface area contributed by atoms with Gasteiger partial charge in [-0.3, -0.25) is 0 Å². The van der Waals surface area contributed by atoms with Crippen LogP contribution in [0.4, 0.5) is 21.9 Å².